The van der Waals surface area contributed by atoms with Gasteiger partial charge in [-0.15, -0.1) is 0 Å². The van der Waals surface area contributed by atoms with Crippen molar-refractivity contribution in [2.24, 2.45) is 0 Å². The number of halogens is 1. The minimum Gasteiger partial charge on any atom is -0.336 e. The quantitative estimate of drug-likeness (QED) is 0.775. The number of amides is 1. The van der Waals surface area contributed by atoms with E-state index in [0.29, 0.717) is 5.02 Å². The van der Waals surface area contributed by atoms with Gasteiger partial charge in [-0.2, -0.15) is 0 Å². The molecule has 0 unspecified atom stereocenters. The largest absolute Gasteiger partial charge is 0.336 e. The molecule has 0 bridgehead atoms. The van der Waals surface area contributed by atoms with E-state index in [4.69, 9.17) is 11.6 Å². The van der Waals surface area contributed by atoms with Gasteiger partial charge in [-0.05, 0) is 24.3 Å². The maximum absolute atomic E-state index is 11.7. The Bertz CT molecular complexity index is 344. The van der Waals surface area contributed by atoms with Gasteiger partial charge in [0.15, 0.2) is 6.04 Å². The highest BCUT2D eigenvalue weighted by atomic mass is 35.5. The van der Waals surface area contributed by atoms with Crippen molar-refractivity contribution in [1.29, 1.82) is 0 Å². The summed E-state index contributed by atoms with van der Waals surface area (Å²) in [5, 5.41) is 5.65. The molecule has 80 valence electrons. The molecular formula is C11H14ClN2O+. The van der Waals surface area contributed by atoms with Crippen molar-refractivity contribution in [3.63, 3.8) is 0 Å². The van der Waals surface area contributed by atoms with Crippen LogP contribution < -0.4 is 10.6 Å². The van der Waals surface area contributed by atoms with Crippen molar-refractivity contribution in [2.75, 3.05) is 11.9 Å². The maximum atomic E-state index is 11.7. The van der Waals surface area contributed by atoms with Crippen LogP contribution in [0.2, 0.25) is 5.02 Å². The van der Waals surface area contributed by atoms with E-state index in [0.717, 1.165) is 25.1 Å². The van der Waals surface area contributed by atoms with E-state index in [9.17, 15) is 4.79 Å². The first-order chi connectivity index (χ1) is 7.25. The Morgan fingerprint density at radius 2 is 2.13 bits per heavy atom. The second-order valence-electron chi connectivity index (χ2n) is 3.77. The zero-order valence-corrected chi connectivity index (χ0v) is 9.13. The first-order valence-electron chi connectivity index (χ1n) is 5.15. The van der Waals surface area contributed by atoms with Gasteiger partial charge in [0.25, 0.3) is 5.91 Å². The van der Waals surface area contributed by atoms with Crippen molar-refractivity contribution in [2.45, 2.75) is 18.9 Å². The predicted octanol–water partition coefficient (Wildman–Crippen LogP) is 1.00. The Balaban J connectivity index is 1.96. The molecule has 1 amide bonds. The molecule has 1 fully saturated rings. The second-order valence-corrected chi connectivity index (χ2v) is 4.21. The Kier molecular flexibility index (Phi) is 3.23. The Morgan fingerprint density at radius 1 is 1.40 bits per heavy atom. The van der Waals surface area contributed by atoms with E-state index in [-0.39, 0.29) is 11.9 Å². The van der Waals surface area contributed by atoms with Crippen LogP contribution in [-0.4, -0.2) is 18.5 Å². The van der Waals surface area contributed by atoms with Crippen molar-refractivity contribution in [3.8, 4) is 0 Å². The number of carbonyl (C=O) groups excluding carboxylic acids is 1. The average molecular weight is 226 g/mol. The number of carbonyl (C=O) groups is 1. The zero-order valence-electron chi connectivity index (χ0n) is 8.37. The lowest BCUT2D eigenvalue weighted by molar-refractivity contribution is -0.656. The van der Waals surface area contributed by atoms with E-state index in [1.54, 1.807) is 12.1 Å². The molecule has 0 saturated carbocycles. The number of benzene rings is 1. The molecule has 3 N–H and O–H groups in total. The van der Waals surface area contributed by atoms with Crippen molar-refractivity contribution >= 4 is 23.2 Å². The molecule has 4 heteroatoms. The van der Waals surface area contributed by atoms with Crippen LogP contribution in [-0.2, 0) is 4.79 Å². The van der Waals surface area contributed by atoms with E-state index >= 15 is 0 Å². The Labute approximate surface area is 93.8 Å². The van der Waals surface area contributed by atoms with Gasteiger partial charge in [0.2, 0.25) is 0 Å². The van der Waals surface area contributed by atoms with Gasteiger partial charge >= 0.3 is 0 Å². The first kappa shape index (κ1) is 10.5. The summed E-state index contributed by atoms with van der Waals surface area (Å²) >= 11 is 5.76. The lowest BCUT2D eigenvalue weighted by Crippen LogP contribution is -2.88. The maximum Gasteiger partial charge on any atom is 0.282 e. The van der Waals surface area contributed by atoms with Gasteiger partial charge in [0, 0.05) is 23.6 Å². The minimum atomic E-state index is 0.0840. The van der Waals surface area contributed by atoms with Gasteiger partial charge in [0.1, 0.15) is 0 Å². The molecule has 0 spiro atoms. The summed E-state index contributed by atoms with van der Waals surface area (Å²) in [7, 11) is 0. The van der Waals surface area contributed by atoms with Crippen LogP contribution in [0.5, 0.6) is 0 Å². The average Bonchev–Trinajstić information content (AvgIpc) is 2.74. The number of nitrogens with two attached hydrogens (primary N) is 1. The van der Waals surface area contributed by atoms with Crippen LogP contribution in [0.4, 0.5) is 5.69 Å². The van der Waals surface area contributed by atoms with Crippen LogP contribution in [0, 0.1) is 0 Å². The van der Waals surface area contributed by atoms with Crippen LogP contribution in [0.15, 0.2) is 24.3 Å². The summed E-state index contributed by atoms with van der Waals surface area (Å²) in [6.07, 6.45) is 2.10. The van der Waals surface area contributed by atoms with Gasteiger partial charge in [-0.3, -0.25) is 4.79 Å². The molecule has 1 aliphatic rings. The van der Waals surface area contributed by atoms with E-state index in [1.165, 1.54) is 0 Å². The Hall–Kier alpha value is -1.06. The molecular weight excluding hydrogens is 212 g/mol. The molecule has 2 rings (SSSR count). The normalized spacial score (nSPS) is 20.2. The minimum absolute atomic E-state index is 0.0840. The van der Waals surface area contributed by atoms with Gasteiger partial charge in [-0.1, -0.05) is 11.6 Å². The van der Waals surface area contributed by atoms with Crippen LogP contribution in [0.25, 0.3) is 0 Å². The fourth-order valence-electron chi connectivity index (χ4n) is 1.78. The SMILES string of the molecule is O=C(Nc1ccc(Cl)cc1)[C@@H]1CCC[NH2+]1. The number of quaternary nitrogens is 1. The van der Waals surface area contributed by atoms with Crippen molar-refractivity contribution in [1.82, 2.24) is 0 Å². The van der Waals surface area contributed by atoms with Crippen LogP contribution in [0.3, 0.4) is 0 Å². The molecule has 1 aromatic carbocycles. The van der Waals surface area contributed by atoms with Gasteiger partial charge in [-0.25, -0.2) is 0 Å². The summed E-state index contributed by atoms with van der Waals surface area (Å²) in [5.74, 6) is 0.0924. The number of nitrogens with one attached hydrogen (secondary N) is 1. The third-order valence-electron chi connectivity index (χ3n) is 2.62. The molecule has 0 aromatic heterocycles. The number of rotatable bonds is 2. The summed E-state index contributed by atoms with van der Waals surface area (Å²) in [4.78, 5) is 11.7. The topological polar surface area (TPSA) is 45.7 Å². The van der Waals surface area contributed by atoms with E-state index in [2.05, 4.69) is 10.6 Å². The highest BCUT2D eigenvalue weighted by molar-refractivity contribution is 6.30. The lowest BCUT2D eigenvalue weighted by atomic mass is 10.2. The highest BCUT2D eigenvalue weighted by Gasteiger charge is 2.25. The number of hydrogen-bond donors (Lipinski definition) is 2. The van der Waals surface area contributed by atoms with Crippen LogP contribution >= 0.6 is 11.6 Å². The lowest BCUT2D eigenvalue weighted by Gasteiger charge is -2.08. The molecule has 1 aromatic rings. The second kappa shape index (κ2) is 4.64. The number of hydrogen-bond acceptors (Lipinski definition) is 1. The molecule has 15 heavy (non-hydrogen) atoms. The molecule has 1 saturated heterocycles. The van der Waals surface area contributed by atoms with Crippen molar-refractivity contribution in [3.05, 3.63) is 29.3 Å². The fraction of sp³-hybridized carbons (Fsp3) is 0.364. The zero-order chi connectivity index (χ0) is 10.7. The summed E-state index contributed by atoms with van der Waals surface area (Å²) < 4.78 is 0. The summed E-state index contributed by atoms with van der Waals surface area (Å²) in [5.41, 5.74) is 0.810. The smallest absolute Gasteiger partial charge is 0.282 e. The molecule has 0 aliphatic carbocycles. The van der Waals surface area contributed by atoms with E-state index < -0.39 is 0 Å². The molecule has 1 heterocycles. The highest BCUT2D eigenvalue weighted by Crippen LogP contribution is 2.13. The van der Waals surface area contributed by atoms with E-state index in [1.807, 2.05) is 12.1 Å². The first-order valence-corrected chi connectivity index (χ1v) is 5.53. The van der Waals surface area contributed by atoms with Crippen molar-refractivity contribution < 1.29 is 10.1 Å². The summed E-state index contributed by atoms with van der Waals surface area (Å²) in [6, 6.07) is 7.26. The Morgan fingerprint density at radius 3 is 2.73 bits per heavy atom. The molecule has 3 nitrogen and oxygen atoms in total. The fourth-order valence-corrected chi connectivity index (χ4v) is 1.91. The third kappa shape index (κ3) is 2.70. The number of anilines is 1. The molecule has 1 atom stereocenters. The third-order valence-corrected chi connectivity index (χ3v) is 2.87. The molecule has 0 radical (unpaired) electrons. The van der Waals surface area contributed by atoms with Gasteiger partial charge in [0.05, 0.1) is 6.54 Å². The summed E-state index contributed by atoms with van der Waals surface area (Å²) in [6.45, 7) is 1.05. The standard InChI is InChI=1S/C11H13ClN2O/c12-8-3-5-9(6-4-8)14-11(15)10-2-1-7-13-10/h3-6,10,13H,1-2,7H2,(H,14,15)/p+1/t10-/m0/s1. The monoisotopic (exact) mass is 225 g/mol. The van der Waals surface area contributed by atoms with Crippen LogP contribution in [0.1, 0.15) is 12.8 Å². The molecule has 1 aliphatic heterocycles. The predicted molar refractivity (Wildman–Crippen MR) is 59.9 cm³/mol. The van der Waals surface area contributed by atoms with Gasteiger partial charge < -0.3 is 10.6 Å².